The first-order valence-electron chi connectivity index (χ1n) is 20.0. The van der Waals surface area contributed by atoms with Crippen LogP contribution in [0.5, 0.6) is 0 Å². The van der Waals surface area contributed by atoms with Crippen LogP contribution >= 0.6 is 0 Å². The maximum absolute atomic E-state index is 13.3. The molecule has 3 heterocycles. The molecule has 2 spiro atoms. The minimum absolute atomic E-state index is 0.0426. The number of aliphatic hydroxyl groups is 1. The lowest BCUT2D eigenvalue weighted by Gasteiger charge is -2.63. The Bertz CT molecular complexity index is 1380. The quantitative estimate of drug-likeness (QED) is 0.250. The van der Waals surface area contributed by atoms with Crippen LogP contribution in [-0.2, 0) is 23.7 Å². The van der Waals surface area contributed by atoms with E-state index in [-0.39, 0.29) is 81.6 Å². The zero-order valence-corrected chi connectivity index (χ0v) is 31.5. The summed E-state index contributed by atoms with van der Waals surface area (Å²) < 4.78 is 24.6. The molecule has 0 aromatic heterocycles. The Kier molecular flexibility index (Phi) is 8.20. The first kappa shape index (κ1) is 35.0. The first-order valence-corrected chi connectivity index (χ1v) is 20.0. The third-order valence-corrected chi connectivity index (χ3v) is 17.0. The van der Waals surface area contributed by atoms with E-state index in [0.717, 1.165) is 58.0 Å². The van der Waals surface area contributed by atoms with Gasteiger partial charge < -0.3 is 33.9 Å². The second kappa shape index (κ2) is 11.7. The van der Waals surface area contributed by atoms with E-state index in [2.05, 4.69) is 48.5 Å². The predicted octanol–water partition coefficient (Wildman–Crippen LogP) is 6.42. The molecule has 10 heteroatoms. The van der Waals surface area contributed by atoms with Crippen molar-refractivity contribution in [1.82, 2.24) is 9.80 Å². The van der Waals surface area contributed by atoms with Crippen LogP contribution in [0, 0.1) is 56.7 Å². The molecule has 8 aliphatic rings. The van der Waals surface area contributed by atoms with E-state index in [9.17, 15) is 19.5 Å². The highest BCUT2D eigenvalue weighted by molar-refractivity contribution is 5.69. The number of nitrogens with zero attached hydrogens (tertiary/aromatic N) is 2. The Morgan fingerprint density at radius 2 is 1.64 bits per heavy atom. The maximum atomic E-state index is 13.3. The van der Waals surface area contributed by atoms with Crippen LogP contribution < -0.4 is 0 Å². The largest absolute Gasteiger partial charge is 0.463 e. The number of carbonyl (C=O) groups excluding carboxylic acids is 3. The molecule has 0 aromatic carbocycles. The Hall–Kier alpha value is -2.07. The normalized spacial score (nSPS) is 48.9. The summed E-state index contributed by atoms with van der Waals surface area (Å²) in [5, 5.41) is 12.7. The SMILES string of the molecule is CC(C)[C@@H](OC(=O)N1CCC1)[C@H]1C[C@@H](C)[C@H]2[C@H](O1)[C@H](O)[C@@]1(C)[C@@H]3CC[C@H]4C(C)(C)[C@@H](OC(=O)N5CC[C@H](OC=O)C5)CC[C@@]45C[C@@]35CC[C@]21C. The van der Waals surface area contributed by atoms with Gasteiger partial charge in [-0.15, -0.1) is 0 Å². The summed E-state index contributed by atoms with van der Waals surface area (Å²) in [5.41, 5.74) is -0.0499. The number of rotatable bonds is 6. The average molecular weight is 699 g/mol. The van der Waals surface area contributed by atoms with E-state index in [1.807, 2.05) is 0 Å². The van der Waals surface area contributed by atoms with Crippen molar-refractivity contribution in [3.05, 3.63) is 0 Å². The predicted molar refractivity (Wildman–Crippen MR) is 185 cm³/mol. The summed E-state index contributed by atoms with van der Waals surface area (Å²) in [6.07, 6.45) is 7.81. The average Bonchev–Trinajstić information content (AvgIpc) is 3.38. The lowest BCUT2D eigenvalue weighted by Crippen LogP contribution is -2.60. The lowest BCUT2D eigenvalue weighted by molar-refractivity contribution is -0.185. The topological polar surface area (TPSA) is 115 Å². The molecule has 50 heavy (non-hydrogen) atoms. The minimum Gasteiger partial charge on any atom is -0.463 e. The van der Waals surface area contributed by atoms with E-state index in [1.54, 1.807) is 9.80 Å². The Morgan fingerprint density at radius 1 is 0.920 bits per heavy atom. The summed E-state index contributed by atoms with van der Waals surface area (Å²) in [4.78, 5) is 40.6. The van der Waals surface area contributed by atoms with E-state index >= 15 is 0 Å². The van der Waals surface area contributed by atoms with Crippen LogP contribution in [0.25, 0.3) is 0 Å². The smallest absolute Gasteiger partial charge is 0.410 e. The molecule has 3 aliphatic heterocycles. The van der Waals surface area contributed by atoms with Gasteiger partial charge in [0.05, 0.1) is 24.9 Å². The van der Waals surface area contributed by atoms with E-state index < -0.39 is 6.10 Å². The van der Waals surface area contributed by atoms with Gasteiger partial charge in [-0.25, -0.2) is 9.59 Å². The molecule has 5 saturated carbocycles. The molecule has 3 saturated heterocycles. The molecule has 10 nitrogen and oxygen atoms in total. The summed E-state index contributed by atoms with van der Waals surface area (Å²) in [6, 6.07) is 0. The number of ether oxygens (including phenoxy) is 4. The summed E-state index contributed by atoms with van der Waals surface area (Å²) in [7, 11) is 0. The van der Waals surface area contributed by atoms with Gasteiger partial charge >= 0.3 is 12.2 Å². The second-order valence-electron chi connectivity index (χ2n) is 19.4. The molecule has 5 aliphatic carbocycles. The minimum atomic E-state index is -0.573. The fourth-order valence-corrected chi connectivity index (χ4v) is 14.3. The number of amides is 2. The van der Waals surface area contributed by atoms with Crippen LogP contribution in [0.15, 0.2) is 0 Å². The molecule has 8 rings (SSSR count). The third kappa shape index (κ3) is 4.60. The molecule has 14 atom stereocenters. The van der Waals surface area contributed by atoms with Crippen molar-refractivity contribution in [2.75, 3.05) is 26.2 Å². The fraction of sp³-hybridized carbons (Fsp3) is 0.925. The van der Waals surface area contributed by atoms with Crippen LogP contribution in [0.2, 0.25) is 0 Å². The number of likely N-dealkylation sites (tertiary alicyclic amines) is 2. The van der Waals surface area contributed by atoms with Gasteiger partial charge in [-0.1, -0.05) is 48.5 Å². The molecule has 0 bridgehead atoms. The summed E-state index contributed by atoms with van der Waals surface area (Å²) in [5.74, 6) is 1.61. The number of hydrogen-bond acceptors (Lipinski definition) is 8. The molecular formula is C40H62N2O8. The highest BCUT2D eigenvalue weighted by atomic mass is 16.6. The molecular weight excluding hydrogens is 636 g/mol. The van der Waals surface area contributed by atoms with Crippen molar-refractivity contribution < 1.29 is 38.4 Å². The van der Waals surface area contributed by atoms with Gasteiger partial charge in [0.2, 0.25) is 0 Å². The standard InChI is InChI=1S/C40H62N2O8/c1-23(2)31(50-34(45)41-16-8-17-41)26-19-24(3)30-32(48-26)33(44)38(7)28-10-9-27-36(4,5)29(49-35(46)42-18-12-25(20-42)47-22-43)11-13-39(27)21-40(28,39)15-14-37(30,38)6/h22-33,44H,8-21H2,1-7H3/t24-,25+,26-,27+,28+,29+,30+,31-,32+,33+,37-,38-,39-,40+/m1/s1. The fourth-order valence-electron chi connectivity index (χ4n) is 14.3. The van der Waals surface area contributed by atoms with Crippen molar-refractivity contribution >= 4 is 18.7 Å². The number of fused-ring (bicyclic) bond motifs is 4. The number of hydrogen-bond donors (Lipinski definition) is 1. The lowest BCUT2D eigenvalue weighted by atomic mass is 9.41. The van der Waals surface area contributed by atoms with E-state index in [0.29, 0.717) is 43.7 Å². The molecule has 2 amide bonds. The van der Waals surface area contributed by atoms with Gasteiger partial charge in [-0.2, -0.15) is 0 Å². The third-order valence-electron chi connectivity index (χ3n) is 17.0. The van der Waals surface area contributed by atoms with Crippen LogP contribution in [-0.4, -0.2) is 96.4 Å². The first-order chi connectivity index (χ1) is 23.6. The van der Waals surface area contributed by atoms with Crippen LogP contribution in [0.3, 0.4) is 0 Å². The van der Waals surface area contributed by atoms with Crippen molar-refractivity contribution in [1.29, 1.82) is 0 Å². The van der Waals surface area contributed by atoms with Gasteiger partial charge in [0.15, 0.2) is 0 Å². The summed E-state index contributed by atoms with van der Waals surface area (Å²) in [6.45, 7) is 19.1. The zero-order chi connectivity index (χ0) is 35.6. The second-order valence-corrected chi connectivity index (χ2v) is 19.4. The van der Waals surface area contributed by atoms with Crippen LogP contribution in [0.1, 0.15) is 113 Å². The monoisotopic (exact) mass is 698 g/mol. The van der Waals surface area contributed by atoms with Crippen molar-refractivity contribution in [3.8, 4) is 0 Å². The van der Waals surface area contributed by atoms with Gasteiger partial charge in [0.1, 0.15) is 18.3 Å². The molecule has 0 radical (unpaired) electrons. The highest BCUT2D eigenvalue weighted by Crippen LogP contribution is 2.89. The molecule has 280 valence electrons. The molecule has 8 fully saturated rings. The van der Waals surface area contributed by atoms with E-state index in [4.69, 9.17) is 18.9 Å². The van der Waals surface area contributed by atoms with Crippen molar-refractivity contribution in [2.24, 2.45) is 56.7 Å². The Labute approximate surface area is 298 Å². The maximum Gasteiger partial charge on any atom is 0.410 e. The molecule has 0 aromatic rings. The van der Waals surface area contributed by atoms with Crippen LogP contribution in [0.4, 0.5) is 9.59 Å². The van der Waals surface area contributed by atoms with Gasteiger partial charge in [-0.3, -0.25) is 4.79 Å². The molecule has 1 N–H and O–H groups in total. The Morgan fingerprint density at radius 3 is 2.32 bits per heavy atom. The number of carbonyl (C=O) groups is 3. The van der Waals surface area contributed by atoms with Gasteiger partial charge in [-0.05, 0) is 104 Å². The van der Waals surface area contributed by atoms with Gasteiger partial charge in [0, 0.05) is 36.9 Å². The zero-order valence-electron chi connectivity index (χ0n) is 31.5. The summed E-state index contributed by atoms with van der Waals surface area (Å²) >= 11 is 0. The van der Waals surface area contributed by atoms with Gasteiger partial charge in [0.25, 0.3) is 6.47 Å². The number of aliphatic hydroxyl groups excluding tert-OH is 1. The van der Waals surface area contributed by atoms with Crippen molar-refractivity contribution in [2.45, 2.75) is 149 Å². The molecule has 0 unspecified atom stereocenters. The van der Waals surface area contributed by atoms with Crippen molar-refractivity contribution in [3.63, 3.8) is 0 Å². The Balaban J connectivity index is 1.01. The highest BCUT2D eigenvalue weighted by Gasteiger charge is 2.84. The van der Waals surface area contributed by atoms with E-state index in [1.165, 1.54) is 12.8 Å².